The molecule has 0 aromatic heterocycles. The van der Waals surface area contributed by atoms with E-state index in [0.29, 0.717) is 6.54 Å². The Hall–Kier alpha value is -1.72. The molecule has 0 saturated heterocycles. The van der Waals surface area contributed by atoms with Crippen LogP contribution in [0.2, 0.25) is 0 Å². The van der Waals surface area contributed by atoms with Gasteiger partial charge in [0.05, 0.1) is 6.54 Å². The number of urea groups is 1. The van der Waals surface area contributed by atoms with Crippen molar-refractivity contribution in [3.05, 3.63) is 12.3 Å². The maximum Gasteiger partial charge on any atom is 0.369 e. The third-order valence-electron chi connectivity index (χ3n) is 1.13. The van der Waals surface area contributed by atoms with Gasteiger partial charge in [-0.15, -0.1) is 0 Å². The van der Waals surface area contributed by atoms with Crippen molar-refractivity contribution in [2.75, 3.05) is 6.54 Å². The number of carbonyl (C=O) groups is 2. The van der Waals surface area contributed by atoms with Crippen molar-refractivity contribution in [2.24, 2.45) is 0 Å². The predicted octanol–water partition coefficient (Wildman–Crippen LogP) is -0.492. The highest BCUT2D eigenvalue weighted by Gasteiger charge is 2.15. The van der Waals surface area contributed by atoms with Gasteiger partial charge >= 0.3 is 6.03 Å². The third-order valence-corrected chi connectivity index (χ3v) is 1.13. The van der Waals surface area contributed by atoms with Crippen molar-refractivity contribution >= 4 is 11.9 Å². The van der Waals surface area contributed by atoms with E-state index in [0.717, 1.165) is 5.06 Å². The van der Waals surface area contributed by atoms with Crippen molar-refractivity contribution in [3.63, 3.8) is 0 Å². The average molecular weight is 171 g/mol. The van der Waals surface area contributed by atoms with E-state index in [1.165, 1.54) is 13.2 Å². The number of hydrazine groups is 1. The van der Waals surface area contributed by atoms with E-state index < -0.39 is 6.03 Å². The van der Waals surface area contributed by atoms with Crippen molar-refractivity contribution in [3.8, 4) is 0 Å². The molecule has 3 amide bonds. The van der Waals surface area contributed by atoms with E-state index >= 15 is 0 Å². The standard InChI is InChI=1S/C6H9N3O3/c1-5(10)7-8-6(11)9-3-2-4-12-9/h2,4H,3H2,1H3,(H,7,10)(H,8,11). The SMILES string of the molecule is CC(=O)NNC(=O)N1CC=CO1. The van der Waals surface area contributed by atoms with Crippen molar-refractivity contribution in [1.29, 1.82) is 0 Å². The van der Waals surface area contributed by atoms with Gasteiger partial charge in [-0.25, -0.2) is 10.2 Å². The summed E-state index contributed by atoms with van der Waals surface area (Å²) in [7, 11) is 0. The van der Waals surface area contributed by atoms with Gasteiger partial charge in [-0.05, 0) is 6.08 Å². The maximum atomic E-state index is 11.0. The Kier molecular flexibility index (Phi) is 2.52. The molecule has 6 heteroatoms. The molecule has 6 nitrogen and oxygen atoms in total. The molecule has 66 valence electrons. The first-order valence-electron chi connectivity index (χ1n) is 3.36. The predicted molar refractivity (Wildman–Crippen MR) is 39.3 cm³/mol. The lowest BCUT2D eigenvalue weighted by Gasteiger charge is -2.14. The minimum Gasteiger partial charge on any atom is -0.383 e. The summed E-state index contributed by atoms with van der Waals surface area (Å²) >= 11 is 0. The van der Waals surface area contributed by atoms with Crippen LogP contribution in [0.15, 0.2) is 12.3 Å². The van der Waals surface area contributed by atoms with Crippen molar-refractivity contribution in [1.82, 2.24) is 15.9 Å². The zero-order chi connectivity index (χ0) is 8.97. The van der Waals surface area contributed by atoms with E-state index in [4.69, 9.17) is 4.84 Å². The lowest BCUT2D eigenvalue weighted by Crippen LogP contribution is -2.46. The Morgan fingerprint density at radius 3 is 2.75 bits per heavy atom. The molecule has 0 unspecified atom stereocenters. The Balaban J connectivity index is 2.24. The van der Waals surface area contributed by atoms with E-state index in [2.05, 4.69) is 10.9 Å². The first-order valence-corrected chi connectivity index (χ1v) is 3.36. The van der Waals surface area contributed by atoms with Crippen LogP contribution in [0.3, 0.4) is 0 Å². The summed E-state index contributed by atoms with van der Waals surface area (Å²) in [6, 6.07) is -0.504. The number of hydrogen-bond acceptors (Lipinski definition) is 3. The van der Waals surface area contributed by atoms with Gasteiger partial charge in [0.15, 0.2) is 0 Å². The van der Waals surface area contributed by atoms with Crippen LogP contribution in [0.5, 0.6) is 0 Å². The Bertz CT molecular complexity index is 218. The summed E-state index contributed by atoms with van der Waals surface area (Å²) in [6.45, 7) is 1.68. The molecule has 1 rings (SSSR count). The quantitative estimate of drug-likeness (QED) is 0.483. The number of nitrogens with one attached hydrogen (secondary N) is 2. The van der Waals surface area contributed by atoms with E-state index in [1.807, 2.05) is 0 Å². The molecule has 0 spiro atoms. The molecule has 0 aromatic carbocycles. The number of hydrogen-bond donors (Lipinski definition) is 2. The highest BCUT2D eigenvalue weighted by atomic mass is 16.7. The molecule has 1 heterocycles. The summed E-state index contributed by atoms with van der Waals surface area (Å²) < 4.78 is 0. The summed E-state index contributed by atoms with van der Waals surface area (Å²) in [5.74, 6) is -0.337. The fraction of sp³-hybridized carbons (Fsp3) is 0.333. The first-order chi connectivity index (χ1) is 5.70. The molecule has 1 aliphatic heterocycles. The minimum absolute atomic E-state index is 0.337. The van der Waals surface area contributed by atoms with Gasteiger partial charge in [-0.2, -0.15) is 5.06 Å². The molecular weight excluding hydrogens is 162 g/mol. The third kappa shape index (κ3) is 2.15. The zero-order valence-electron chi connectivity index (χ0n) is 6.53. The van der Waals surface area contributed by atoms with Crippen LogP contribution in [0, 0.1) is 0 Å². The second kappa shape index (κ2) is 3.61. The molecule has 1 aliphatic rings. The molecule has 0 saturated carbocycles. The molecule has 12 heavy (non-hydrogen) atoms. The van der Waals surface area contributed by atoms with Crippen LogP contribution in [0.4, 0.5) is 4.79 Å². The summed E-state index contributed by atoms with van der Waals surface area (Å²) in [5.41, 5.74) is 4.28. The van der Waals surface area contributed by atoms with Gasteiger partial charge in [0.25, 0.3) is 0 Å². The molecule has 0 fully saturated rings. The Morgan fingerprint density at radius 1 is 1.50 bits per heavy atom. The van der Waals surface area contributed by atoms with Gasteiger partial charge in [0.1, 0.15) is 6.26 Å². The fourth-order valence-electron chi connectivity index (χ4n) is 0.633. The second-order valence-corrected chi connectivity index (χ2v) is 2.15. The summed E-state index contributed by atoms with van der Waals surface area (Å²) in [5, 5.41) is 1.07. The zero-order valence-corrected chi connectivity index (χ0v) is 6.53. The van der Waals surface area contributed by atoms with E-state index in [-0.39, 0.29) is 5.91 Å². The van der Waals surface area contributed by atoms with Gasteiger partial charge < -0.3 is 4.84 Å². The Labute approximate surface area is 69.1 Å². The maximum absolute atomic E-state index is 11.0. The molecule has 0 atom stereocenters. The van der Waals surface area contributed by atoms with Gasteiger partial charge in [-0.3, -0.25) is 10.2 Å². The average Bonchev–Trinajstić information content (AvgIpc) is 2.51. The number of amides is 3. The van der Waals surface area contributed by atoms with Crippen LogP contribution < -0.4 is 10.9 Å². The molecule has 2 N–H and O–H groups in total. The van der Waals surface area contributed by atoms with E-state index in [9.17, 15) is 9.59 Å². The van der Waals surface area contributed by atoms with Crippen LogP contribution >= 0.6 is 0 Å². The molecule has 0 aromatic rings. The van der Waals surface area contributed by atoms with Crippen LogP contribution in [-0.4, -0.2) is 23.5 Å². The summed E-state index contributed by atoms with van der Waals surface area (Å²) in [6.07, 6.45) is 3.07. The fourth-order valence-corrected chi connectivity index (χ4v) is 0.633. The lowest BCUT2D eigenvalue weighted by atomic mass is 10.6. The number of carbonyl (C=O) groups excluding carboxylic acids is 2. The lowest BCUT2D eigenvalue weighted by molar-refractivity contribution is -0.120. The highest BCUT2D eigenvalue weighted by Crippen LogP contribution is 1.99. The van der Waals surface area contributed by atoms with Gasteiger partial charge in [0, 0.05) is 6.92 Å². The Morgan fingerprint density at radius 2 is 2.25 bits per heavy atom. The summed E-state index contributed by atoms with van der Waals surface area (Å²) in [4.78, 5) is 26.1. The van der Waals surface area contributed by atoms with E-state index in [1.54, 1.807) is 6.08 Å². The minimum atomic E-state index is -0.504. The smallest absolute Gasteiger partial charge is 0.369 e. The molecular formula is C6H9N3O3. The van der Waals surface area contributed by atoms with Crippen LogP contribution in [0.25, 0.3) is 0 Å². The highest BCUT2D eigenvalue weighted by molar-refractivity contribution is 5.79. The normalized spacial score (nSPS) is 13.9. The largest absolute Gasteiger partial charge is 0.383 e. The molecule has 0 radical (unpaired) electrons. The van der Waals surface area contributed by atoms with Gasteiger partial charge in [-0.1, -0.05) is 0 Å². The first kappa shape index (κ1) is 8.38. The van der Waals surface area contributed by atoms with Crippen LogP contribution in [-0.2, 0) is 9.63 Å². The topological polar surface area (TPSA) is 70.7 Å². The van der Waals surface area contributed by atoms with Crippen molar-refractivity contribution in [2.45, 2.75) is 6.92 Å². The van der Waals surface area contributed by atoms with Crippen molar-refractivity contribution < 1.29 is 14.4 Å². The molecule has 0 aliphatic carbocycles. The van der Waals surface area contributed by atoms with Gasteiger partial charge in [0.2, 0.25) is 5.91 Å². The number of rotatable bonds is 0. The van der Waals surface area contributed by atoms with Crippen LogP contribution in [0.1, 0.15) is 6.92 Å². The monoisotopic (exact) mass is 171 g/mol. The molecule has 0 bridgehead atoms. The number of nitrogens with zero attached hydrogens (tertiary/aromatic N) is 1. The second-order valence-electron chi connectivity index (χ2n) is 2.15. The number of hydroxylamine groups is 2.